The number of hydrogen-bond donors (Lipinski definition) is 1. The zero-order valence-electron chi connectivity index (χ0n) is 12.7. The minimum Gasteiger partial charge on any atom is -0.303 e. The molecule has 0 unspecified atom stereocenters. The van der Waals surface area contributed by atoms with E-state index < -0.39 is 11.6 Å². The summed E-state index contributed by atoms with van der Waals surface area (Å²) in [5.74, 6) is -0.657. The summed E-state index contributed by atoms with van der Waals surface area (Å²) in [5, 5.41) is 6.85. The number of halogens is 2. The summed E-state index contributed by atoms with van der Waals surface area (Å²) in [5.41, 5.74) is 1.84. The molecule has 4 rings (SSSR count). The lowest BCUT2D eigenvalue weighted by Crippen LogP contribution is -2.03. The van der Waals surface area contributed by atoms with Crippen LogP contribution in [0.3, 0.4) is 0 Å². The van der Waals surface area contributed by atoms with Crippen molar-refractivity contribution in [2.75, 3.05) is 0 Å². The highest BCUT2D eigenvalue weighted by Gasteiger charge is 2.15. The van der Waals surface area contributed by atoms with Crippen molar-refractivity contribution in [1.29, 1.82) is 0 Å². The van der Waals surface area contributed by atoms with Crippen molar-refractivity contribution >= 4 is 5.65 Å². The molecule has 0 aliphatic rings. The topological polar surface area (TPSA) is 71.8 Å². The third kappa shape index (κ3) is 2.41. The number of aromatic nitrogens is 6. The van der Waals surface area contributed by atoms with Gasteiger partial charge in [0.15, 0.2) is 17.3 Å². The fourth-order valence-corrected chi connectivity index (χ4v) is 2.55. The fraction of sp³-hybridized carbons (Fsp3) is 0.125. The molecule has 0 spiro atoms. The van der Waals surface area contributed by atoms with Crippen LogP contribution in [0, 0.1) is 18.6 Å². The summed E-state index contributed by atoms with van der Waals surface area (Å²) in [6.45, 7) is 1.79. The van der Waals surface area contributed by atoms with Gasteiger partial charge in [-0.25, -0.2) is 23.7 Å². The van der Waals surface area contributed by atoms with Crippen molar-refractivity contribution < 1.29 is 8.78 Å². The third-order valence-electron chi connectivity index (χ3n) is 3.66. The first kappa shape index (κ1) is 14.4. The molecule has 0 aliphatic heterocycles. The van der Waals surface area contributed by atoms with Crippen molar-refractivity contribution in [3.8, 4) is 11.5 Å². The monoisotopic (exact) mass is 326 g/mol. The average molecular weight is 326 g/mol. The van der Waals surface area contributed by atoms with Gasteiger partial charge in [-0.3, -0.25) is 5.10 Å². The third-order valence-corrected chi connectivity index (χ3v) is 3.66. The van der Waals surface area contributed by atoms with Crippen LogP contribution < -0.4 is 0 Å². The number of hydrogen-bond acceptors (Lipinski definition) is 4. The highest BCUT2D eigenvalue weighted by molar-refractivity contribution is 5.55. The van der Waals surface area contributed by atoms with Gasteiger partial charge in [0.2, 0.25) is 5.82 Å². The molecule has 0 bridgehead atoms. The van der Waals surface area contributed by atoms with Gasteiger partial charge in [0, 0.05) is 25.0 Å². The lowest BCUT2D eigenvalue weighted by Gasteiger charge is -2.07. The number of aryl methyl sites for hydroxylation is 1. The molecule has 0 amide bonds. The number of rotatable bonds is 3. The summed E-state index contributed by atoms with van der Waals surface area (Å²) < 4.78 is 29.2. The molecule has 8 heteroatoms. The second kappa shape index (κ2) is 5.48. The molecule has 0 saturated heterocycles. The second-order valence-electron chi connectivity index (χ2n) is 5.37. The smallest absolute Gasteiger partial charge is 0.201 e. The zero-order chi connectivity index (χ0) is 16.7. The number of fused-ring (bicyclic) bond motifs is 1. The Balaban J connectivity index is 1.84. The van der Waals surface area contributed by atoms with Gasteiger partial charge < -0.3 is 4.40 Å². The molecule has 0 atom stereocenters. The summed E-state index contributed by atoms with van der Waals surface area (Å²) in [6.07, 6.45) is 5.23. The Morgan fingerprint density at radius 2 is 2.08 bits per heavy atom. The Morgan fingerprint density at radius 1 is 1.21 bits per heavy atom. The number of benzene rings is 1. The molecule has 0 aliphatic carbocycles. The van der Waals surface area contributed by atoms with Gasteiger partial charge in [0.05, 0.1) is 5.69 Å². The molecule has 3 heterocycles. The average Bonchev–Trinajstić information content (AvgIpc) is 3.20. The molecular weight excluding hydrogens is 314 g/mol. The van der Waals surface area contributed by atoms with E-state index in [2.05, 4.69) is 25.1 Å². The molecule has 4 aromatic rings. The van der Waals surface area contributed by atoms with Crippen molar-refractivity contribution in [2.45, 2.75) is 13.3 Å². The van der Waals surface area contributed by atoms with E-state index in [1.54, 1.807) is 29.9 Å². The van der Waals surface area contributed by atoms with E-state index in [0.29, 0.717) is 28.7 Å². The van der Waals surface area contributed by atoms with Crippen LogP contribution in [0.2, 0.25) is 0 Å². The molecule has 1 aromatic carbocycles. The van der Waals surface area contributed by atoms with Crippen LogP contribution in [0.5, 0.6) is 0 Å². The second-order valence-corrected chi connectivity index (χ2v) is 5.37. The first-order chi connectivity index (χ1) is 11.6. The van der Waals surface area contributed by atoms with Gasteiger partial charge in [-0.1, -0.05) is 12.1 Å². The SMILES string of the molecule is Cc1nc(-c2cn3ccnc3c(Cc3cccc(F)c3F)n2)n[nH]1. The van der Waals surface area contributed by atoms with E-state index >= 15 is 0 Å². The first-order valence-corrected chi connectivity index (χ1v) is 7.26. The van der Waals surface area contributed by atoms with E-state index in [-0.39, 0.29) is 12.0 Å². The normalized spacial score (nSPS) is 11.3. The number of imidazole rings is 1. The fourth-order valence-electron chi connectivity index (χ4n) is 2.55. The highest BCUT2D eigenvalue weighted by atomic mass is 19.2. The molecular formula is C16H12F2N6. The van der Waals surface area contributed by atoms with E-state index in [1.807, 2.05) is 0 Å². The first-order valence-electron chi connectivity index (χ1n) is 7.26. The number of nitrogens with zero attached hydrogens (tertiary/aromatic N) is 5. The predicted octanol–water partition coefficient (Wildman–Crippen LogP) is 2.69. The van der Waals surface area contributed by atoms with Gasteiger partial charge in [-0.15, -0.1) is 0 Å². The highest BCUT2D eigenvalue weighted by Crippen LogP contribution is 2.20. The van der Waals surface area contributed by atoms with Gasteiger partial charge in [-0.2, -0.15) is 5.10 Å². The van der Waals surface area contributed by atoms with Gasteiger partial charge >= 0.3 is 0 Å². The van der Waals surface area contributed by atoms with Crippen molar-refractivity contribution in [3.05, 3.63) is 65.5 Å². The van der Waals surface area contributed by atoms with Crippen LogP contribution >= 0.6 is 0 Å². The van der Waals surface area contributed by atoms with Crippen LogP contribution in [0.4, 0.5) is 8.78 Å². The van der Waals surface area contributed by atoms with Crippen molar-refractivity contribution in [2.24, 2.45) is 0 Å². The quantitative estimate of drug-likeness (QED) is 0.628. The molecule has 3 aromatic heterocycles. The molecule has 24 heavy (non-hydrogen) atoms. The molecule has 0 saturated carbocycles. The summed E-state index contributed by atoms with van der Waals surface area (Å²) in [7, 11) is 0. The van der Waals surface area contributed by atoms with E-state index in [1.165, 1.54) is 12.1 Å². The van der Waals surface area contributed by atoms with Gasteiger partial charge in [-0.05, 0) is 18.6 Å². The minimum absolute atomic E-state index is 0.112. The standard InChI is InChI=1S/C16H12F2N6/c1-9-20-15(23-22-9)13-8-24-6-5-19-16(24)12(21-13)7-10-3-2-4-11(17)14(10)18/h2-6,8H,7H2,1H3,(H,20,22,23). The Kier molecular flexibility index (Phi) is 3.30. The maximum absolute atomic E-state index is 14.0. The van der Waals surface area contributed by atoms with E-state index in [9.17, 15) is 8.78 Å². The van der Waals surface area contributed by atoms with E-state index in [4.69, 9.17) is 0 Å². The predicted molar refractivity (Wildman–Crippen MR) is 82.3 cm³/mol. The van der Waals surface area contributed by atoms with Crippen LogP contribution in [0.1, 0.15) is 17.1 Å². The maximum atomic E-state index is 14.0. The van der Waals surface area contributed by atoms with E-state index in [0.717, 1.165) is 6.07 Å². The zero-order valence-corrected chi connectivity index (χ0v) is 12.7. The lowest BCUT2D eigenvalue weighted by molar-refractivity contribution is 0.500. The van der Waals surface area contributed by atoms with Crippen LogP contribution in [-0.2, 0) is 6.42 Å². The number of aromatic amines is 1. The molecule has 0 fully saturated rings. The Labute approximate surface area is 135 Å². The lowest BCUT2D eigenvalue weighted by atomic mass is 10.1. The Morgan fingerprint density at radius 3 is 2.88 bits per heavy atom. The number of H-pyrrole nitrogens is 1. The van der Waals surface area contributed by atoms with Crippen LogP contribution in [0.15, 0.2) is 36.8 Å². The van der Waals surface area contributed by atoms with Crippen molar-refractivity contribution in [3.63, 3.8) is 0 Å². The number of nitrogens with one attached hydrogen (secondary N) is 1. The van der Waals surface area contributed by atoms with Crippen molar-refractivity contribution in [1.82, 2.24) is 29.5 Å². The maximum Gasteiger partial charge on any atom is 0.201 e. The van der Waals surface area contributed by atoms with Crippen LogP contribution in [0.25, 0.3) is 17.2 Å². The van der Waals surface area contributed by atoms with Gasteiger partial charge in [0.1, 0.15) is 11.5 Å². The molecule has 6 nitrogen and oxygen atoms in total. The summed E-state index contributed by atoms with van der Waals surface area (Å²) >= 11 is 0. The molecule has 0 radical (unpaired) electrons. The largest absolute Gasteiger partial charge is 0.303 e. The van der Waals surface area contributed by atoms with Crippen LogP contribution in [-0.4, -0.2) is 29.5 Å². The minimum atomic E-state index is -0.882. The Bertz CT molecular complexity index is 1040. The Hall–Kier alpha value is -3.16. The van der Waals surface area contributed by atoms with Gasteiger partial charge in [0.25, 0.3) is 0 Å². The molecule has 120 valence electrons. The summed E-state index contributed by atoms with van der Waals surface area (Å²) in [4.78, 5) is 13.0. The molecule has 1 N–H and O–H groups in total. The summed E-state index contributed by atoms with van der Waals surface area (Å²) in [6, 6.07) is 4.09.